The Hall–Kier alpha value is -1.97. The predicted octanol–water partition coefficient (Wildman–Crippen LogP) is 2.14. The summed E-state index contributed by atoms with van der Waals surface area (Å²) >= 11 is 0. The maximum atomic E-state index is 10.9. The van der Waals surface area contributed by atoms with E-state index in [0.29, 0.717) is 0 Å². The first-order valence-electron chi connectivity index (χ1n) is 4.55. The fraction of sp³-hybridized carbons (Fsp3) is 0.182. The molecular weight excluding hydrogens is 194 g/mol. The minimum Gasteiger partial charge on any atom is -0.436 e. The van der Waals surface area contributed by atoms with Crippen LogP contribution in [0, 0.1) is 6.92 Å². The number of aryl methyl sites for hydroxylation is 1. The van der Waals surface area contributed by atoms with Crippen molar-refractivity contribution < 1.29 is 14.4 Å². The lowest BCUT2D eigenvalue weighted by atomic mass is 10.2. The van der Waals surface area contributed by atoms with Gasteiger partial charge in [-0.25, -0.2) is 4.79 Å². The van der Waals surface area contributed by atoms with Crippen LogP contribution in [0.5, 0.6) is 0 Å². The first-order chi connectivity index (χ1) is 7.20. The number of rotatable bonds is 1. The van der Waals surface area contributed by atoms with Crippen molar-refractivity contribution in [1.29, 1.82) is 0 Å². The van der Waals surface area contributed by atoms with Gasteiger partial charge >= 0.3 is 6.16 Å². The van der Waals surface area contributed by atoms with Crippen LogP contribution in [0.1, 0.15) is 5.56 Å². The third-order valence-corrected chi connectivity index (χ3v) is 2.15. The van der Waals surface area contributed by atoms with E-state index < -0.39 is 6.16 Å². The summed E-state index contributed by atoms with van der Waals surface area (Å²) in [5.74, 6) is 0. The molecular formula is C11H11NO3. The summed E-state index contributed by atoms with van der Waals surface area (Å²) in [6.45, 7) is 2.01. The second-order valence-corrected chi connectivity index (χ2v) is 3.25. The van der Waals surface area contributed by atoms with Gasteiger partial charge in [-0.2, -0.15) is 4.73 Å². The van der Waals surface area contributed by atoms with Gasteiger partial charge in [-0.3, -0.25) is 0 Å². The van der Waals surface area contributed by atoms with Gasteiger partial charge in [-0.05, 0) is 25.1 Å². The van der Waals surface area contributed by atoms with E-state index in [9.17, 15) is 4.79 Å². The van der Waals surface area contributed by atoms with Gasteiger partial charge in [0.1, 0.15) is 0 Å². The zero-order valence-electron chi connectivity index (χ0n) is 8.56. The maximum absolute atomic E-state index is 10.9. The van der Waals surface area contributed by atoms with Gasteiger partial charge in [-0.1, -0.05) is 11.6 Å². The van der Waals surface area contributed by atoms with E-state index in [0.717, 1.165) is 10.9 Å². The smallest absolute Gasteiger partial charge is 0.436 e. The van der Waals surface area contributed by atoms with Gasteiger partial charge in [0.15, 0.2) is 0 Å². The zero-order chi connectivity index (χ0) is 10.8. The van der Waals surface area contributed by atoms with Crippen LogP contribution < -0.4 is 4.84 Å². The number of nitrogens with zero attached hydrogens (tertiary/aromatic N) is 1. The molecule has 78 valence electrons. The van der Waals surface area contributed by atoms with Crippen LogP contribution in [-0.2, 0) is 4.74 Å². The number of hydrogen-bond donors (Lipinski definition) is 0. The Labute approximate surface area is 87.0 Å². The molecule has 0 bridgehead atoms. The van der Waals surface area contributed by atoms with Crippen LogP contribution >= 0.6 is 0 Å². The van der Waals surface area contributed by atoms with Crippen LogP contribution in [0.3, 0.4) is 0 Å². The average molecular weight is 205 g/mol. The van der Waals surface area contributed by atoms with Crippen LogP contribution in [0.25, 0.3) is 10.9 Å². The number of carbonyl (C=O) groups is 1. The minimum atomic E-state index is -0.729. The van der Waals surface area contributed by atoms with Crippen molar-refractivity contribution >= 4 is 17.1 Å². The zero-order valence-corrected chi connectivity index (χ0v) is 8.56. The highest BCUT2D eigenvalue weighted by atomic mass is 16.8. The third kappa shape index (κ3) is 1.79. The van der Waals surface area contributed by atoms with E-state index in [1.807, 2.05) is 31.2 Å². The molecule has 4 nitrogen and oxygen atoms in total. The molecule has 0 saturated heterocycles. The lowest BCUT2D eigenvalue weighted by molar-refractivity contribution is 0.0682. The number of carbonyl (C=O) groups excluding carboxylic acids is 1. The summed E-state index contributed by atoms with van der Waals surface area (Å²) in [6, 6.07) is 7.75. The molecule has 0 aliphatic carbocycles. The standard InChI is InChI=1S/C11H11NO3/c1-8-3-4-10-9(7-8)5-6-12(10)15-11(13)14-2/h3-7H,1-2H3. The molecule has 0 aliphatic rings. The highest BCUT2D eigenvalue weighted by Crippen LogP contribution is 2.16. The van der Waals surface area contributed by atoms with Crippen molar-refractivity contribution in [2.24, 2.45) is 0 Å². The summed E-state index contributed by atoms with van der Waals surface area (Å²) in [7, 11) is 1.28. The monoisotopic (exact) mass is 205 g/mol. The lowest BCUT2D eigenvalue weighted by Crippen LogP contribution is -2.18. The molecule has 0 unspecified atom stereocenters. The number of ether oxygens (including phenoxy) is 1. The van der Waals surface area contributed by atoms with Gasteiger partial charge in [0.25, 0.3) is 0 Å². The predicted molar refractivity (Wildman–Crippen MR) is 55.7 cm³/mol. The molecule has 1 aromatic heterocycles. The Bertz CT molecular complexity index is 502. The number of benzene rings is 1. The van der Waals surface area contributed by atoms with Crippen molar-refractivity contribution in [2.75, 3.05) is 7.11 Å². The Morgan fingerprint density at radius 3 is 2.87 bits per heavy atom. The molecule has 0 aliphatic heterocycles. The van der Waals surface area contributed by atoms with Gasteiger partial charge in [0.05, 0.1) is 12.6 Å². The second-order valence-electron chi connectivity index (χ2n) is 3.25. The Morgan fingerprint density at radius 1 is 1.33 bits per heavy atom. The SMILES string of the molecule is COC(=O)On1ccc2cc(C)ccc21. The number of hydrogen-bond acceptors (Lipinski definition) is 3. The second kappa shape index (κ2) is 3.65. The Morgan fingerprint density at radius 2 is 2.13 bits per heavy atom. The molecule has 2 aromatic rings. The Balaban J connectivity index is 2.41. The van der Waals surface area contributed by atoms with Crippen molar-refractivity contribution in [1.82, 2.24) is 4.73 Å². The third-order valence-electron chi connectivity index (χ3n) is 2.15. The van der Waals surface area contributed by atoms with E-state index in [-0.39, 0.29) is 0 Å². The molecule has 0 radical (unpaired) electrons. The minimum absolute atomic E-state index is 0.729. The molecule has 0 amide bonds. The lowest BCUT2D eigenvalue weighted by Gasteiger charge is -2.04. The van der Waals surface area contributed by atoms with Gasteiger partial charge in [0.2, 0.25) is 0 Å². The van der Waals surface area contributed by atoms with Crippen molar-refractivity contribution in [3.63, 3.8) is 0 Å². The first kappa shape index (κ1) is 9.58. The van der Waals surface area contributed by atoms with E-state index in [1.54, 1.807) is 6.20 Å². The normalized spacial score (nSPS) is 10.3. The maximum Gasteiger partial charge on any atom is 0.533 e. The fourth-order valence-corrected chi connectivity index (χ4v) is 1.43. The van der Waals surface area contributed by atoms with Gasteiger partial charge < -0.3 is 9.57 Å². The average Bonchev–Trinajstić information content (AvgIpc) is 2.60. The number of fused-ring (bicyclic) bond motifs is 1. The molecule has 0 N–H and O–H groups in total. The molecule has 2 rings (SSSR count). The van der Waals surface area contributed by atoms with Gasteiger partial charge in [0, 0.05) is 11.6 Å². The van der Waals surface area contributed by atoms with Gasteiger partial charge in [-0.15, -0.1) is 0 Å². The van der Waals surface area contributed by atoms with Crippen molar-refractivity contribution in [3.05, 3.63) is 36.0 Å². The summed E-state index contributed by atoms with van der Waals surface area (Å²) in [5.41, 5.74) is 2.00. The summed E-state index contributed by atoms with van der Waals surface area (Å²) in [6.07, 6.45) is 0.953. The number of aromatic nitrogens is 1. The fourth-order valence-electron chi connectivity index (χ4n) is 1.43. The highest BCUT2D eigenvalue weighted by molar-refractivity contribution is 5.81. The molecule has 0 fully saturated rings. The largest absolute Gasteiger partial charge is 0.533 e. The van der Waals surface area contributed by atoms with E-state index >= 15 is 0 Å². The molecule has 1 aromatic carbocycles. The molecule has 1 heterocycles. The molecule has 15 heavy (non-hydrogen) atoms. The van der Waals surface area contributed by atoms with E-state index in [4.69, 9.17) is 4.84 Å². The summed E-state index contributed by atoms with van der Waals surface area (Å²) in [4.78, 5) is 15.8. The number of methoxy groups -OCH3 is 1. The van der Waals surface area contributed by atoms with Crippen LogP contribution in [0.15, 0.2) is 30.5 Å². The molecule has 0 saturated carbocycles. The summed E-state index contributed by atoms with van der Waals surface area (Å²) in [5, 5.41) is 1.03. The quantitative estimate of drug-likeness (QED) is 0.670. The molecule has 0 atom stereocenters. The van der Waals surface area contributed by atoms with E-state index in [1.165, 1.54) is 17.4 Å². The topological polar surface area (TPSA) is 40.5 Å². The highest BCUT2D eigenvalue weighted by Gasteiger charge is 2.06. The van der Waals surface area contributed by atoms with Crippen LogP contribution in [0.4, 0.5) is 4.79 Å². The van der Waals surface area contributed by atoms with Crippen LogP contribution in [0.2, 0.25) is 0 Å². The van der Waals surface area contributed by atoms with Crippen LogP contribution in [-0.4, -0.2) is 18.0 Å². The Kier molecular flexibility index (Phi) is 2.33. The van der Waals surface area contributed by atoms with Crippen molar-refractivity contribution in [2.45, 2.75) is 6.92 Å². The molecule has 0 spiro atoms. The molecule has 4 heteroatoms. The summed E-state index contributed by atoms with van der Waals surface area (Å²) < 4.78 is 5.80. The van der Waals surface area contributed by atoms with E-state index in [2.05, 4.69) is 4.74 Å². The first-order valence-corrected chi connectivity index (χ1v) is 4.55. The van der Waals surface area contributed by atoms with Crippen molar-refractivity contribution in [3.8, 4) is 0 Å².